The van der Waals surface area contributed by atoms with Gasteiger partial charge in [0.2, 0.25) is 0 Å². The highest BCUT2D eigenvalue weighted by molar-refractivity contribution is 7.09. The van der Waals surface area contributed by atoms with Crippen molar-refractivity contribution in [3.05, 3.63) is 46.4 Å². The van der Waals surface area contributed by atoms with E-state index in [1.807, 2.05) is 17.5 Å². The van der Waals surface area contributed by atoms with E-state index >= 15 is 0 Å². The SMILES string of the molecule is COc1ccc(NCc2cccs2)cc1F. The van der Waals surface area contributed by atoms with Crippen molar-refractivity contribution in [3.63, 3.8) is 0 Å². The van der Waals surface area contributed by atoms with Crippen LogP contribution in [0.5, 0.6) is 5.75 Å². The van der Waals surface area contributed by atoms with Gasteiger partial charge >= 0.3 is 0 Å². The van der Waals surface area contributed by atoms with E-state index in [2.05, 4.69) is 5.32 Å². The summed E-state index contributed by atoms with van der Waals surface area (Å²) in [7, 11) is 1.46. The summed E-state index contributed by atoms with van der Waals surface area (Å²) in [4.78, 5) is 1.22. The van der Waals surface area contributed by atoms with Crippen LogP contribution in [0.4, 0.5) is 10.1 Å². The average molecular weight is 237 g/mol. The van der Waals surface area contributed by atoms with Gasteiger partial charge in [-0.15, -0.1) is 11.3 Å². The van der Waals surface area contributed by atoms with Crippen molar-refractivity contribution in [2.75, 3.05) is 12.4 Å². The molecule has 0 radical (unpaired) electrons. The van der Waals surface area contributed by atoms with Gasteiger partial charge in [0, 0.05) is 23.2 Å². The molecule has 0 bridgehead atoms. The highest BCUT2D eigenvalue weighted by atomic mass is 32.1. The summed E-state index contributed by atoms with van der Waals surface area (Å²) in [6.07, 6.45) is 0. The molecule has 0 aliphatic carbocycles. The summed E-state index contributed by atoms with van der Waals surface area (Å²) in [5, 5.41) is 5.17. The monoisotopic (exact) mass is 237 g/mol. The first-order valence-corrected chi connectivity index (χ1v) is 5.77. The van der Waals surface area contributed by atoms with Crippen LogP contribution in [-0.2, 0) is 6.54 Å². The third-order valence-corrected chi connectivity index (χ3v) is 3.08. The van der Waals surface area contributed by atoms with Crippen molar-refractivity contribution in [2.24, 2.45) is 0 Å². The highest BCUT2D eigenvalue weighted by Gasteiger charge is 2.03. The van der Waals surface area contributed by atoms with Crippen LogP contribution in [0.2, 0.25) is 0 Å². The number of nitrogens with one attached hydrogen (secondary N) is 1. The summed E-state index contributed by atoms with van der Waals surface area (Å²) < 4.78 is 18.2. The van der Waals surface area contributed by atoms with Gasteiger partial charge in [-0.05, 0) is 23.6 Å². The van der Waals surface area contributed by atoms with Gasteiger partial charge in [-0.3, -0.25) is 0 Å². The Labute approximate surface area is 97.7 Å². The Hall–Kier alpha value is -1.55. The number of methoxy groups -OCH3 is 1. The molecule has 4 heteroatoms. The predicted molar refractivity (Wildman–Crippen MR) is 64.6 cm³/mol. The normalized spacial score (nSPS) is 10.1. The van der Waals surface area contributed by atoms with E-state index in [0.717, 1.165) is 5.69 Å². The minimum atomic E-state index is -0.348. The Morgan fingerprint density at radius 1 is 1.38 bits per heavy atom. The lowest BCUT2D eigenvalue weighted by atomic mass is 10.3. The number of hydrogen-bond donors (Lipinski definition) is 1. The van der Waals surface area contributed by atoms with Gasteiger partial charge in [0.05, 0.1) is 7.11 Å². The van der Waals surface area contributed by atoms with Gasteiger partial charge in [-0.2, -0.15) is 0 Å². The quantitative estimate of drug-likeness (QED) is 0.878. The lowest BCUT2D eigenvalue weighted by Crippen LogP contribution is -1.98. The minimum Gasteiger partial charge on any atom is -0.494 e. The van der Waals surface area contributed by atoms with Crippen molar-refractivity contribution in [1.82, 2.24) is 0 Å². The average Bonchev–Trinajstić information content (AvgIpc) is 2.79. The van der Waals surface area contributed by atoms with Gasteiger partial charge in [-0.1, -0.05) is 6.07 Å². The molecule has 1 aromatic carbocycles. The van der Waals surface area contributed by atoms with E-state index in [1.165, 1.54) is 18.1 Å². The van der Waals surface area contributed by atoms with Gasteiger partial charge in [-0.25, -0.2) is 4.39 Å². The summed E-state index contributed by atoms with van der Waals surface area (Å²) in [5.74, 6) is -0.0830. The summed E-state index contributed by atoms with van der Waals surface area (Å²) in [6, 6.07) is 8.89. The molecule has 1 aromatic heterocycles. The molecule has 0 fully saturated rings. The van der Waals surface area contributed by atoms with Crippen LogP contribution in [0, 0.1) is 5.82 Å². The molecule has 16 heavy (non-hydrogen) atoms. The van der Waals surface area contributed by atoms with Crippen molar-refractivity contribution in [1.29, 1.82) is 0 Å². The van der Waals surface area contributed by atoms with E-state index in [-0.39, 0.29) is 11.6 Å². The van der Waals surface area contributed by atoms with E-state index in [4.69, 9.17) is 4.74 Å². The van der Waals surface area contributed by atoms with Crippen molar-refractivity contribution < 1.29 is 9.13 Å². The van der Waals surface area contributed by atoms with Crippen LogP contribution in [-0.4, -0.2) is 7.11 Å². The number of anilines is 1. The standard InChI is InChI=1S/C12H12FNOS/c1-15-12-5-4-9(7-11(12)13)14-8-10-3-2-6-16-10/h2-7,14H,8H2,1H3. The molecule has 2 nitrogen and oxygen atoms in total. The summed E-state index contributed by atoms with van der Waals surface area (Å²) in [5.41, 5.74) is 0.756. The van der Waals surface area contributed by atoms with Crippen LogP contribution in [0.3, 0.4) is 0 Å². The fourth-order valence-electron chi connectivity index (χ4n) is 1.38. The third kappa shape index (κ3) is 2.52. The van der Waals surface area contributed by atoms with Crippen LogP contribution < -0.4 is 10.1 Å². The highest BCUT2D eigenvalue weighted by Crippen LogP contribution is 2.21. The van der Waals surface area contributed by atoms with Crippen LogP contribution in [0.25, 0.3) is 0 Å². The Kier molecular flexibility index (Phi) is 3.41. The lowest BCUT2D eigenvalue weighted by molar-refractivity contribution is 0.386. The van der Waals surface area contributed by atoms with E-state index in [1.54, 1.807) is 23.5 Å². The smallest absolute Gasteiger partial charge is 0.167 e. The van der Waals surface area contributed by atoms with Crippen molar-refractivity contribution >= 4 is 17.0 Å². The second-order valence-corrected chi connectivity index (χ2v) is 4.31. The van der Waals surface area contributed by atoms with E-state index in [9.17, 15) is 4.39 Å². The molecule has 0 aliphatic heterocycles. The first-order valence-electron chi connectivity index (χ1n) is 4.89. The maximum atomic E-state index is 13.4. The Balaban J connectivity index is 2.02. The molecule has 2 aromatic rings. The zero-order chi connectivity index (χ0) is 11.4. The largest absolute Gasteiger partial charge is 0.494 e. The number of ether oxygens (including phenoxy) is 1. The van der Waals surface area contributed by atoms with Crippen molar-refractivity contribution in [3.8, 4) is 5.75 Å². The van der Waals surface area contributed by atoms with Gasteiger partial charge < -0.3 is 10.1 Å². The number of rotatable bonds is 4. The number of thiophene rings is 1. The second kappa shape index (κ2) is 4.99. The van der Waals surface area contributed by atoms with Crippen LogP contribution in [0.1, 0.15) is 4.88 Å². The molecule has 0 saturated heterocycles. The molecule has 1 N–H and O–H groups in total. The fourth-order valence-corrected chi connectivity index (χ4v) is 2.02. The van der Waals surface area contributed by atoms with Crippen LogP contribution in [0.15, 0.2) is 35.7 Å². The summed E-state index contributed by atoms with van der Waals surface area (Å²) in [6.45, 7) is 0.712. The summed E-state index contributed by atoms with van der Waals surface area (Å²) >= 11 is 1.67. The van der Waals surface area contributed by atoms with Gasteiger partial charge in [0.1, 0.15) is 0 Å². The molecule has 2 rings (SSSR count). The molecule has 0 aliphatic rings. The maximum Gasteiger partial charge on any atom is 0.167 e. The number of hydrogen-bond acceptors (Lipinski definition) is 3. The zero-order valence-corrected chi connectivity index (χ0v) is 9.68. The second-order valence-electron chi connectivity index (χ2n) is 3.28. The van der Waals surface area contributed by atoms with Gasteiger partial charge in [0.15, 0.2) is 11.6 Å². The number of benzene rings is 1. The molecule has 1 heterocycles. The molecular weight excluding hydrogens is 225 g/mol. The van der Waals surface area contributed by atoms with Gasteiger partial charge in [0.25, 0.3) is 0 Å². The molecule has 84 valence electrons. The minimum absolute atomic E-state index is 0.265. The van der Waals surface area contributed by atoms with E-state index in [0.29, 0.717) is 6.54 Å². The molecule has 0 amide bonds. The predicted octanol–water partition coefficient (Wildman–Crippen LogP) is 3.51. The zero-order valence-electron chi connectivity index (χ0n) is 8.87. The Morgan fingerprint density at radius 3 is 2.88 bits per heavy atom. The number of halogens is 1. The Bertz CT molecular complexity index is 456. The molecular formula is C12H12FNOS. The third-order valence-electron chi connectivity index (χ3n) is 2.20. The van der Waals surface area contributed by atoms with Crippen molar-refractivity contribution in [2.45, 2.75) is 6.54 Å². The topological polar surface area (TPSA) is 21.3 Å². The Morgan fingerprint density at radius 2 is 2.25 bits per heavy atom. The fraction of sp³-hybridized carbons (Fsp3) is 0.167. The molecule has 0 unspecified atom stereocenters. The maximum absolute atomic E-state index is 13.4. The first-order chi connectivity index (χ1) is 7.79. The molecule has 0 saturated carbocycles. The first kappa shape index (κ1) is 11.0. The molecule has 0 atom stereocenters. The van der Waals surface area contributed by atoms with E-state index < -0.39 is 0 Å². The lowest BCUT2D eigenvalue weighted by Gasteiger charge is -2.07. The van der Waals surface area contributed by atoms with Crippen LogP contribution >= 0.6 is 11.3 Å². The molecule has 0 spiro atoms.